The van der Waals surface area contributed by atoms with Crippen molar-refractivity contribution in [1.82, 2.24) is 5.20 Å². The Morgan fingerprint density at radius 2 is 2.12 bits per heavy atom. The Kier molecular flexibility index (Phi) is 4.02. The molecular weight excluding hydrogens is 253 g/mol. The Morgan fingerprint density at radius 3 is 2.59 bits per heavy atom. The molecule has 0 radical (unpaired) electrons. The maximum atomic E-state index is 10.7. The maximum absolute atomic E-state index is 10.7. The van der Waals surface area contributed by atoms with Gasteiger partial charge >= 0.3 is 13.4 Å². The smallest absolute Gasteiger partial charge is 0.417 e. The molecule has 0 amide bonds. The quantitative estimate of drug-likeness (QED) is 0.345. The van der Waals surface area contributed by atoms with Crippen molar-refractivity contribution < 1.29 is 24.0 Å². The van der Waals surface area contributed by atoms with Crippen LogP contribution in [-0.4, -0.2) is 21.8 Å². The van der Waals surface area contributed by atoms with E-state index in [0.717, 1.165) is 0 Å². The highest BCUT2D eigenvalue weighted by atomic mass is 31.2. The number of methoxy groups -OCH3 is 1. The van der Waals surface area contributed by atoms with E-state index in [2.05, 4.69) is 5.43 Å². The third-order valence-electron chi connectivity index (χ3n) is 1.73. The van der Waals surface area contributed by atoms with Crippen molar-refractivity contribution in [2.45, 2.75) is 0 Å². The average molecular weight is 263 g/mol. The summed E-state index contributed by atoms with van der Waals surface area (Å²) in [6, 6.07) is 3.93. The molecule has 10 heteroatoms. The lowest BCUT2D eigenvalue weighted by Gasteiger charge is -2.12. The highest BCUT2D eigenvalue weighted by Crippen LogP contribution is 2.36. The van der Waals surface area contributed by atoms with Crippen molar-refractivity contribution in [2.75, 3.05) is 12.5 Å². The first-order valence-corrected chi connectivity index (χ1v) is 5.86. The summed E-state index contributed by atoms with van der Waals surface area (Å²) >= 11 is 0. The first-order valence-electron chi connectivity index (χ1n) is 4.25. The number of nitrogens with zero attached hydrogens (tertiary/aromatic N) is 1. The molecule has 9 nitrogen and oxygen atoms in total. The average Bonchev–Trinajstić information content (AvgIpc) is 2.24. The minimum Gasteiger partial charge on any atom is -0.489 e. The van der Waals surface area contributed by atoms with Crippen LogP contribution in [0.15, 0.2) is 18.2 Å². The summed E-state index contributed by atoms with van der Waals surface area (Å²) in [6.45, 7) is 0. The topological polar surface area (TPSA) is 134 Å². The Bertz CT molecular complexity index is 473. The standard InChI is InChI=1S/C7H10N3O6P/c1-16-7-5(8-9-17(13,14)15)3-2-4-6(7)10(11)12/h2-4,8H,1H3,(H3,9,13,14,15). The predicted octanol–water partition coefficient (Wildman–Crippen LogP) is 0.613. The number of nitrogens with one attached hydrogen (secondary N) is 2. The minimum absolute atomic E-state index is 0.0463. The van der Waals surface area contributed by atoms with Gasteiger partial charge in [0.1, 0.15) is 0 Å². The fraction of sp³-hybridized carbons (Fsp3) is 0.143. The molecule has 0 aliphatic carbocycles. The van der Waals surface area contributed by atoms with Crippen molar-refractivity contribution >= 4 is 19.1 Å². The molecule has 1 aromatic rings. The van der Waals surface area contributed by atoms with Crippen LogP contribution in [0.1, 0.15) is 0 Å². The second-order valence-corrected chi connectivity index (χ2v) is 4.21. The number of hydrogen-bond acceptors (Lipinski definition) is 5. The first kappa shape index (κ1) is 13.4. The molecule has 17 heavy (non-hydrogen) atoms. The number of rotatable bonds is 5. The number of benzene rings is 1. The maximum Gasteiger partial charge on any atom is 0.417 e. The zero-order valence-electron chi connectivity index (χ0n) is 8.65. The number of nitro groups is 1. The van der Waals surface area contributed by atoms with E-state index in [9.17, 15) is 14.7 Å². The second-order valence-electron chi connectivity index (χ2n) is 2.90. The Morgan fingerprint density at radius 1 is 1.47 bits per heavy atom. The lowest BCUT2D eigenvalue weighted by molar-refractivity contribution is -0.385. The second kappa shape index (κ2) is 5.11. The van der Waals surface area contributed by atoms with E-state index in [0.29, 0.717) is 0 Å². The van der Waals surface area contributed by atoms with Gasteiger partial charge < -0.3 is 19.9 Å². The molecule has 0 heterocycles. The fourth-order valence-corrected chi connectivity index (χ4v) is 1.38. The van der Waals surface area contributed by atoms with Crippen LogP contribution in [-0.2, 0) is 4.57 Å². The molecule has 0 aliphatic heterocycles. The lowest BCUT2D eigenvalue weighted by Crippen LogP contribution is -2.18. The molecule has 1 aromatic carbocycles. The van der Waals surface area contributed by atoms with Gasteiger partial charge in [0.15, 0.2) is 0 Å². The van der Waals surface area contributed by atoms with Crippen LogP contribution in [0.4, 0.5) is 11.4 Å². The summed E-state index contributed by atoms with van der Waals surface area (Å²) in [5.41, 5.74) is 1.89. The van der Waals surface area contributed by atoms with Crippen LogP contribution >= 0.6 is 7.75 Å². The summed E-state index contributed by atoms with van der Waals surface area (Å²) in [6.07, 6.45) is 0. The van der Waals surface area contributed by atoms with E-state index in [1.54, 1.807) is 5.20 Å². The van der Waals surface area contributed by atoms with Crippen LogP contribution in [0.25, 0.3) is 0 Å². The van der Waals surface area contributed by atoms with Crippen LogP contribution < -0.4 is 15.4 Å². The number of anilines is 1. The largest absolute Gasteiger partial charge is 0.489 e. The lowest BCUT2D eigenvalue weighted by atomic mass is 10.2. The molecule has 94 valence electrons. The Labute approximate surface area is 95.7 Å². The summed E-state index contributed by atoms with van der Waals surface area (Å²) in [7, 11) is -3.27. The van der Waals surface area contributed by atoms with E-state index < -0.39 is 12.7 Å². The van der Waals surface area contributed by atoms with Gasteiger partial charge in [-0.3, -0.25) is 10.1 Å². The molecule has 0 atom stereocenters. The molecule has 0 aliphatic rings. The Hall–Kier alpha value is -1.67. The Balaban J connectivity index is 3.03. The molecule has 0 bridgehead atoms. The van der Waals surface area contributed by atoms with Crippen LogP contribution in [0.5, 0.6) is 5.75 Å². The highest BCUT2D eigenvalue weighted by Gasteiger charge is 2.20. The van der Waals surface area contributed by atoms with Gasteiger partial charge in [-0.1, -0.05) is 6.07 Å². The molecular formula is C7H10N3O6P. The van der Waals surface area contributed by atoms with Gasteiger partial charge in [0.2, 0.25) is 5.75 Å². The molecule has 0 saturated carbocycles. The first-order chi connectivity index (χ1) is 7.85. The van der Waals surface area contributed by atoms with Crippen molar-refractivity contribution in [1.29, 1.82) is 0 Å². The molecule has 1 rings (SSSR count). The molecule has 0 spiro atoms. The summed E-state index contributed by atoms with van der Waals surface area (Å²) in [5.74, 6) is -0.126. The molecule has 0 unspecified atom stereocenters. The van der Waals surface area contributed by atoms with Crippen LogP contribution in [0.2, 0.25) is 0 Å². The SMILES string of the molecule is COc1c(NNP(=O)(O)O)cccc1[N+](=O)[O-]. The molecule has 0 fully saturated rings. The van der Waals surface area contributed by atoms with Gasteiger partial charge in [0.05, 0.1) is 17.7 Å². The van der Waals surface area contributed by atoms with Crippen LogP contribution in [0.3, 0.4) is 0 Å². The minimum atomic E-state index is -4.49. The molecule has 4 N–H and O–H groups in total. The van der Waals surface area contributed by atoms with E-state index in [1.165, 1.54) is 25.3 Å². The van der Waals surface area contributed by atoms with E-state index in [4.69, 9.17) is 14.5 Å². The molecule has 0 saturated heterocycles. The number of ether oxygens (including phenoxy) is 1. The molecule has 0 aromatic heterocycles. The number of hydrazine groups is 1. The summed E-state index contributed by atoms with van der Waals surface area (Å²) < 4.78 is 15.4. The number of para-hydroxylation sites is 1. The number of nitro benzene ring substituents is 1. The van der Waals surface area contributed by atoms with Gasteiger partial charge in [0, 0.05) is 6.07 Å². The van der Waals surface area contributed by atoms with Crippen LogP contribution in [0, 0.1) is 10.1 Å². The van der Waals surface area contributed by atoms with E-state index >= 15 is 0 Å². The third kappa shape index (κ3) is 3.68. The van der Waals surface area contributed by atoms with E-state index in [-0.39, 0.29) is 17.1 Å². The summed E-state index contributed by atoms with van der Waals surface area (Å²) in [5, 5.41) is 12.4. The van der Waals surface area contributed by atoms with Crippen molar-refractivity contribution in [3.05, 3.63) is 28.3 Å². The zero-order valence-corrected chi connectivity index (χ0v) is 9.55. The van der Waals surface area contributed by atoms with Gasteiger partial charge in [-0.2, -0.15) is 0 Å². The van der Waals surface area contributed by atoms with E-state index in [1.807, 2.05) is 0 Å². The summed E-state index contributed by atoms with van der Waals surface area (Å²) in [4.78, 5) is 27.2. The van der Waals surface area contributed by atoms with Gasteiger partial charge in [-0.25, -0.2) is 4.57 Å². The third-order valence-corrected chi connectivity index (χ3v) is 2.13. The predicted molar refractivity (Wildman–Crippen MR) is 58.5 cm³/mol. The van der Waals surface area contributed by atoms with Crippen molar-refractivity contribution in [2.24, 2.45) is 0 Å². The number of hydrogen-bond donors (Lipinski definition) is 4. The van der Waals surface area contributed by atoms with Crippen molar-refractivity contribution in [3.63, 3.8) is 0 Å². The van der Waals surface area contributed by atoms with Gasteiger partial charge in [-0.05, 0) is 6.07 Å². The van der Waals surface area contributed by atoms with Gasteiger partial charge in [-0.15, -0.1) is 5.20 Å². The monoisotopic (exact) mass is 263 g/mol. The van der Waals surface area contributed by atoms with Crippen molar-refractivity contribution in [3.8, 4) is 5.75 Å². The normalized spacial score (nSPS) is 11.0. The zero-order chi connectivity index (χ0) is 13.1. The fourth-order valence-electron chi connectivity index (χ4n) is 1.11. The highest BCUT2D eigenvalue weighted by molar-refractivity contribution is 7.49. The van der Waals surface area contributed by atoms with Gasteiger partial charge in [0.25, 0.3) is 0 Å².